The molecular formula is C21H19BrN2O5. The molecule has 4 rings (SSSR count). The topological polar surface area (TPSA) is 76.2 Å². The molecular weight excluding hydrogens is 440 g/mol. The van der Waals surface area contributed by atoms with E-state index in [1.807, 2.05) is 6.07 Å². The lowest BCUT2D eigenvalue weighted by Gasteiger charge is -2.27. The fraction of sp³-hybridized carbons (Fsp3) is 0.286. The van der Waals surface area contributed by atoms with Crippen LogP contribution in [-0.2, 0) is 20.9 Å². The summed E-state index contributed by atoms with van der Waals surface area (Å²) in [6.45, 7) is 2.11. The molecule has 0 bridgehead atoms. The molecule has 2 aliphatic heterocycles. The van der Waals surface area contributed by atoms with E-state index >= 15 is 0 Å². The van der Waals surface area contributed by atoms with Crippen molar-refractivity contribution in [3.05, 3.63) is 52.5 Å². The van der Waals surface area contributed by atoms with Crippen molar-refractivity contribution in [3.8, 4) is 11.5 Å². The lowest BCUT2D eigenvalue weighted by molar-refractivity contribution is -0.138. The average molecular weight is 459 g/mol. The zero-order chi connectivity index (χ0) is 20.5. The first-order valence-electron chi connectivity index (χ1n) is 9.28. The molecule has 1 fully saturated rings. The van der Waals surface area contributed by atoms with Crippen LogP contribution in [0.5, 0.6) is 11.5 Å². The number of imide groups is 1. The molecule has 8 heteroatoms. The highest BCUT2D eigenvalue weighted by atomic mass is 79.9. The highest BCUT2D eigenvalue weighted by molar-refractivity contribution is 9.10. The second kappa shape index (κ2) is 7.87. The average Bonchev–Trinajstić information content (AvgIpc) is 3.30. The van der Waals surface area contributed by atoms with E-state index in [0.717, 1.165) is 14.9 Å². The Morgan fingerprint density at radius 1 is 1.14 bits per heavy atom. The fourth-order valence-corrected chi connectivity index (χ4v) is 3.80. The smallest absolute Gasteiger partial charge is 0.257 e. The third kappa shape index (κ3) is 3.72. The second-order valence-electron chi connectivity index (χ2n) is 6.83. The van der Waals surface area contributed by atoms with Gasteiger partial charge in [-0.25, -0.2) is 4.90 Å². The van der Waals surface area contributed by atoms with Crippen LogP contribution in [-0.4, -0.2) is 35.5 Å². The summed E-state index contributed by atoms with van der Waals surface area (Å²) in [5, 5.41) is 0. The first kappa shape index (κ1) is 19.4. The minimum atomic E-state index is -0.830. The van der Waals surface area contributed by atoms with Crippen molar-refractivity contribution in [1.82, 2.24) is 4.90 Å². The molecule has 3 amide bonds. The van der Waals surface area contributed by atoms with Gasteiger partial charge in [0.2, 0.25) is 18.6 Å². The van der Waals surface area contributed by atoms with Crippen molar-refractivity contribution in [2.24, 2.45) is 0 Å². The van der Waals surface area contributed by atoms with Gasteiger partial charge in [0.1, 0.15) is 6.04 Å². The zero-order valence-corrected chi connectivity index (χ0v) is 17.3. The third-order valence-electron chi connectivity index (χ3n) is 5.00. The molecule has 0 saturated carbocycles. The van der Waals surface area contributed by atoms with Gasteiger partial charge in [-0.05, 0) is 42.0 Å². The number of hydrogen-bond acceptors (Lipinski definition) is 5. The van der Waals surface area contributed by atoms with Crippen molar-refractivity contribution in [2.75, 3.05) is 11.7 Å². The van der Waals surface area contributed by atoms with Gasteiger partial charge in [0.05, 0.1) is 12.1 Å². The number of amides is 3. The normalized spacial score (nSPS) is 17.7. The van der Waals surface area contributed by atoms with Crippen LogP contribution in [0.2, 0.25) is 0 Å². The van der Waals surface area contributed by atoms with E-state index in [-0.39, 0.29) is 43.9 Å². The number of nitrogens with zero attached hydrogens (tertiary/aromatic N) is 2. The zero-order valence-electron chi connectivity index (χ0n) is 15.8. The van der Waals surface area contributed by atoms with Crippen molar-refractivity contribution >= 4 is 39.3 Å². The van der Waals surface area contributed by atoms with Crippen molar-refractivity contribution < 1.29 is 23.9 Å². The Kier molecular flexibility index (Phi) is 5.27. The quantitative estimate of drug-likeness (QED) is 0.642. The van der Waals surface area contributed by atoms with Crippen LogP contribution in [0, 0.1) is 0 Å². The van der Waals surface area contributed by atoms with Gasteiger partial charge in [0.15, 0.2) is 11.5 Å². The molecule has 2 aromatic rings. The van der Waals surface area contributed by atoms with Crippen LogP contribution in [0.25, 0.3) is 0 Å². The van der Waals surface area contributed by atoms with Gasteiger partial charge in [-0.3, -0.25) is 14.4 Å². The predicted octanol–water partition coefficient (Wildman–Crippen LogP) is 3.25. The number of fused-ring (bicyclic) bond motifs is 1. The molecule has 150 valence electrons. The van der Waals surface area contributed by atoms with E-state index in [9.17, 15) is 14.4 Å². The number of carbonyl (C=O) groups excluding carboxylic acids is 3. The molecule has 0 spiro atoms. The van der Waals surface area contributed by atoms with Crippen LogP contribution < -0.4 is 14.4 Å². The molecule has 0 aromatic heterocycles. The number of hydrogen-bond donors (Lipinski definition) is 0. The highest BCUT2D eigenvalue weighted by Crippen LogP contribution is 2.34. The Morgan fingerprint density at radius 2 is 1.86 bits per heavy atom. The van der Waals surface area contributed by atoms with Gasteiger partial charge < -0.3 is 14.4 Å². The summed E-state index contributed by atoms with van der Waals surface area (Å²) in [6, 6.07) is 11.5. The van der Waals surface area contributed by atoms with Gasteiger partial charge in [0.25, 0.3) is 5.91 Å². The molecule has 0 N–H and O–H groups in total. The molecule has 2 heterocycles. The van der Waals surface area contributed by atoms with Crippen LogP contribution in [0.15, 0.2) is 46.9 Å². The predicted molar refractivity (Wildman–Crippen MR) is 108 cm³/mol. The molecule has 7 nitrogen and oxygen atoms in total. The molecule has 1 atom stereocenters. The first-order chi connectivity index (χ1) is 14.0. The maximum absolute atomic E-state index is 13.1. The van der Waals surface area contributed by atoms with Gasteiger partial charge >= 0.3 is 0 Å². The Morgan fingerprint density at radius 3 is 2.59 bits per heavy atom. The maximum Gasteiger partial charge on any atom is 0.257 e. The highest BCUT2D eigenvalue weighted by Gasteiger charge is 2.44. The Balaban J connectivity index is 1.60. The summed E-state index contributed by atoms with van der Waals surface area (Å²) in [5.41, 5.74) is 1.30. The van der Waals surface area contributed by atoms with Gasteiger partial charge in [-0.2, -0.15) is 0 Å². The van der Waals surface area contributed by atoms with Crippen LogP contribution >= 0.6 is 15.9 Å². The Hall–Kier alpha value is -2.87. The Labute approximate surface area is 176 Å². The number of halogens is 1. The first-order valence-corrected chi connectivity index (χ1v) is 10.1. The van der Waals surface area contributed by atoms with Crippen molar-refractivity contribution in [3.63, 3.8) is 0 Å². The number of ether oxygens (including phenoxy) is 2. The maximum atomic E-state index is 13.1. The van der Waals surface area contributed by atoms with Crippen LogP contribution in [0.4, 0.5) is 5.69 Å². The van der Waals surface area contributed by atoms with E-state index in [2.05, 4.69) is 15.9 Å². The summed E-state index contributed by atoms with van der Waals surface area (Å²) in [7, 11) is 0. The largest absolute Gasteiger partial charge is 0.454 e. The lowest BCUT2D eigenvalue weighted by Crippen LogP contribution is -2.44. The van der Waals surface area contributed by atoms with Gasteiger partial charge in [0, 0.05) is 17.4 Å². The number of benzene rings is 2. The fourth-order valence-electron chi connectivity index (χ4n) is 3.53. The Bertz CT molecular complexity index is 976. The summed E-state index contributed by atoms with van der Waals surface area (Å²) >= 11 is 3.35. The van der Waals surface area contributed by atoms with Crippen molar-refractivity contribution in [1.29, 1.82) is 0 Å². The summed E-state index contributed by atoms with van der Waals surface area (Å²) in [4.78, 5) is 41.0. The monoisotopic (exact) mass is 458 g/mol. The molecule has 2 aromatic carbocycles. The summed E-state index contributed by atoms with van der Waals surface area (Å²) in [5.74, 6) is 0.362. The SMILES string of the molecule is CCC(=O)N(Cc1ccc2c(c1)OCO2)[C@@H]1CC(=O)N(c2ccc(Br)cc2)C1=O. The molecule has 0 radical (unpaired) electrons. The third-order valence-corrected chi connectivity index (χ3v) is 5.53. The second-order valence-corrected chi connectivity index (χ2v) is 7.74. The standard InChI is InChI=1S/C21H19BrN2O5/c1-2-19(25)23(11-13-3-8-17-18(9-13)29-12-28-17)16-10-20(26)24(21(16)27)15-6-4-14(22)5-7-15/h3-9,16H,2,10-12H2,1H3/t16-/m1/s1. The summed E-state index contributed by atoms with van der Waals surface area (Å²) in [6.07, 6.45) is 0.200. The van der Waals surface area contributed by atoms with E-state index in [1.165, 1.54) is 4.90 Å². The molecule has 1 saturated heterocycles. The molecule has 2 aliphatic rings. The van der Waals surface area contributed by atoms with Crippen LogP contribution in [0.1, 0.15) is 25.3 Å². The van der Waals surface area contributed by atoms with Crippen molar-refractivity contribution in [2.45, 2.75) is 32.4 Å². The lowest BCUT2D eigenvalue weighted by atomic mass is 10.1. The minimum Gasteiger partial charge on any atom is -0.454 e. The number of rotatable bonds is 5. The number of carbonyl (C=O) groups is 3. The van der Waals surface area contributed by atoms with E-state index in [4.69, 9.17) is 9.47 Å². The minimum absolute atomic E-state index is 0.0365. The molecule has 0 unspecified atom stereocenters. The number of anilines is 1. The summed E-state index contributed by atoms with van der Waals surface area (Å²) < 4.78 is 11.6. The molecule has 0 aliphatic carbocycles. The van der Waals surface area contributed by atoms with E-state index in [0.29, 0.717) is 17.2 Å². The molecule has 29 heavy (non-hydrogen) atoms. The van der Waals surface area contributed by atoms with E-state index < -0.39 is 6.04 Å². The van der Waals surface area contributed by atoms with Gasteiger partial charge in [-0.1, -0.05) is 28.9 Å². The van der Waals surface area contributed by atoms with Crippen LogP contribution in [0.3, 0.4) is 0 Å². The van der Waals surface area contributed by atoms with Gasteiger partial charge in [-0.15, -0.1) is 0 Å². The van der Waals surface area contributed by atoms with E-state index in [1.54, 1.807) is 43.3 Å².